The zero-order chi connectivity index (χ0) is 14.7. The highest BCUT2D eigenvalue weighted by Crippen LogP contribution is 2.34. The van der Waals surface area contributed by atoms with E-state index in [0.29, 0.717) is 11.8 Å². The Hall–Kier alpha value is -1.72. The van der Waals surface area contributed by atoms with Crippen molar-refractivity contribution in [2.75, 3.05) is 13.1 Å². The van der Waals surface area contributed by atoms with Gasteiger partial charge in [-0.1, -0.05) is 6.07 Å². The summed E-state index contributed by atoms with van der Waals surface area (Å²) in [5.41, 5.74) is 0.975. The predicted octanol–water partition coefficient (Wildman–Crippen LogP) is 4.04. The van der Waals surface area contributed by atoms with E-state index < -0.39 is 11.6 Å². The van der Waals surface area contributed by atoms with Crippen LogP contribution in [0.25, 0.3) is 0 Å². The maximum absolute atomic E-state index is 13.7. The molecule has 6 heteroatoms. The Morgan fingerprint density at radius 1 is 1.14 bits per heavy atom. The molecule has 0 unspecified atom stereocenters. The molecule has 118 valence electrons. The molecule has 1 aromatic heterocycles. The van der Waals surface area contributed by atoms with Crippen LogP contribution in [0.3, 0.4) is 0 Å². The van der Waals surface area contributed by atoms with Crippen LogP contribution < -0.4 is 10.1 Å². The van der Waals surface area contributed by atoms with Crippen molar-refractivity contribution >= 4 is 12.4 Å². The second kappa shape index (κ2) is 7.51. The lowest BCUT2D eigenvalue weighted by atomic mass is 9.91. The molecule has 1 aliphatic rings. The van der Waals surface area contributed by atoms with Crippen molar-refractivity contribution < 1.29 is 13.5 Å². The molecule has 0 bridgehead atoms. The Bertz CT molecular complexity index is 633. The minimum Gasteiger partial charge on any atom is -0.436 e. The van der Waals surface area contributed by atoms with E-state index in [4.69, 9.17) is 4.74 Å². The molecule has 3 rings (SSSR count). The van der Waals surface area contributed by atoms with Crippen LogP contribution in [0.2, 0.25) is 0 Å². The van der Waals surface area contributed by atoms with Gasteiger partial charge in [0.2, 0.25) is 5.88 Å². The molecule has 0 amide bonds. The number of piperidine rings is 1. The maximum atomic E-state index is 13.7. The largest absolute Gasteiger partial charge is 0.436 e. The molecule has 1 saturated heterocycles. The molecule has 0 atom stereocenters. The number of nitrogens with one attached hydrogen (secondary N) is 1. The zero-order valence-electron chi connectivity index (χ0n) is 11.9. The molecule has 1 fully saturated rings. The first-order valence-electron chi connectivity index (χ1n) is 7.02. The standard InChI is InChI=1S/C16H16F2N2O.ClH/c17-12-3-4-15(14(18)10-12)21-16-13(2-1-7-20-16)11-5-8-19-9-6-11;/h1-4,7,10-11,19H,5-6,8-9H2;1H. The Morgan fingerprint density at radius 2 is 1.91 bits per heavy atom. The lowest BCUT2D eigenvalue weighted by Gasteiger charge is -2.24. The first kappa shape index (κ1) is 16.6. The van der Waals surface area contributed by atoms with E-state index >= 15 is 0 Å². The van der Waals surface area contributed by atoms with E-state index in [1.165, 1.54) is 12.1 Å². The number of ether oxygens (including phenoxy) is 1. The monoisotopic (exact) mass is 326 g/mol. The van der Waals surface area contributed by atoms with Crippen LogP contribution in [0, 0.1) is 11.6 Å². The Kier molecular flexibility index (Phi) is 5.69. The summed E-state index contributed by atoms with van der Waals surface area (Å²) < 4.78 is 32.2. The van der Waals surface area contributed by atoms with Gasteiger partial charge in [0.25, 0.3) is 0 Å². The van der Waals surface area contributed by atoms with E-state index in [9.17, 15) is 8.78 Å². The smallest absolute Gasteiger partial charge is 0.222 e. The van der Waals surface area contributed by atoms with Gasteiger partial charge in [-0.25, -0.2) is 13.8 Å². The first-order chi connectivity index (χ1) is 10.2. The Labute approximate surface area is 134 Å². The molecule has 2 heterocycles. The average molecular weight is 327 g/mol. The molecule has 0 saturated carbocycles. The highest BCUT2D eigenvalue weighted by atomic mass is 35.5. The second-order valence-electron chi connectivity index (χ2n) is 5.10. The lowest BCUT2D eigenvalue weighted by Crippen LogP contribution is -2.26. The predicted molar refractivity (Wildman–Crippen MR) is 82.8 cm³/mol. The quantitative estimate of drug-likeness (QED) is 0.924. The van der Waals surface area contributed by atoms with Crippen LogP contribution in [-0.4, -0.2) is 18.1 Å². The number of halogens is 3. The summed E-state index contributed by atoms with van der Waals surface area (Å²) >= 11 is 0. The van der Waals surface area contributed by atoms with Crippen molar-refractivity contribution in [2.45, 2.75) is 18.8 Å². The first-order valence-corrected chi connectivity index (χ1v) is 7.02. The highest BCUT2D eigenvalue weighted by Gasteiger charge is 2.20. The van der Waals surface area contributed by atoms with Gasteiger partial charge >= 0.3 is 0 Å². The van der Waals surface area contributed by atoms with Crippen LogP contribution in [0.5, 0.6) is 11.6 Å². The van der Waals surface area contributed by atoms with Crippen molar-refractivity contribution in [3.63, 3.8) is 0 Å². The van der Waals surface area contributed by atoms with Crippen LogP contribution >= 0.6 is 12.4 Å². The molecular weight excluding hydrogens is 310 g/mol. The fourth-order valence-corrected chi connectivity index (χ4v) is 2.59. The number of aromatic nitrogens is 1. The van der Waals surface area contributed by atoms with Crippen molar-refractivity contribution in [1.29, 1.82) is 0 Å². The summed E-state index contributed by atoms with van der Waals surface area (Å²) in [6.07, 6.45) is 3.60. The van der Waals surface area contributed by atoms with Crippen molar-refractivity contribution in [2.24, 2.45) is 0 Å². The fourth-order valence-electron chi connectivity index (χ4n) is 2.59. The van der Waals surface area contributed by atoms with Crippen LogP contribution in [0.4, 0.5) is 8.78 Å². The topological polar surface area (TPSA) is 34.1 Å². The van der Waals surface area contributed by atoms with Gasteiger partial charge in [0, 0.05) is 17.8 Å². The summed E-state index contributed by atoms with van der Waals surface area (Å²) in [6.45, 7) is 1.90. The SMILES string of the molecule is Cl.Fc1ccc(Oc2ncccc2C2CCNCC2)c(F)c1. The van der Waals surface area contributed by atoms with E-state index in [1.54, 1.807) is 6.20 Å². The van der Waals surface area contributed by atoms with Crippen LogP contribution in [0.1, 0.15) is 24.3 Å². The van der Waals surface area contributed by atoms with Gasteiger partial charge in [-0.15, -0.1) is 12.4 Å². The fraction of sp³-hybridized carbons (Fsp3) is 0.312. The van der Waals surface area contributed by atoms with Crippen molar-refractivity contribution in [3.8, 4) is 11.6 Å². The molecule has 0 radical (unpaired) electrons. The van der Waals surface area contributed by atoms with Crippen molar-refractivity contribution in [3.05, 3.63) is 53.7 Å². The summed E-state index contributed by atoms with van der Waals surface area (Å²) in [4.78, 5) is 4.21. The molecule has 3 nitrogen and oxygen atoms in total. The molecular formula is C16H17ClF2N2O. The zero-order valence-corrected chi connectivity index (χ0v) is 12.7. The van der Waals surface area contributed by atoms with Crippen LogP contribution in [-0.2, 0) is 0 Å². The van der Waals surface area contributed by atoms with Crippen LogP contribution in [0.15, 0.2) is 36.5 Å². The van der Waals surface area contributed by atoms with Gasteiger partial charge in [-0.3, -0.25) is 0 Å². The third kappa shape index (κ3) is 3.72. The number of pyridine rings is 1. The number of nitrogens with zero attached hydrogens (tertiary/aromatic N) is 1. The third-order valence-corrected chi connectivity index (χ3v) is 3.68. The molecule has 0 aliphatic carbocycles. The van der Waals surface area contributed by atoms with Gasteiger partial charge in [-0.2, -0.15) is 0 Å². The molecule has 1 N–H and O–H groups in total. The number of hydrogen-bond acceptors (Lipinski definition) is 3. The normalized spacial score (nSPS) is 15.2. The van der Waals surface area contributed by atoms with Gasteiger partial charge in [0.05, 0.1) is 0 Å². The molecule has 1 aliphatic heterocycles. The van der Waals surface area contributed by atoms with Crippen molar-refractivity contribution in [1.82, 2.24) is 10.3 Å². The van der Waals surface area contributed by atoms with E-state index in [2.05, 4.69) is 10.3 Å². The maximum Gasteiger partial charge on any atom is 0.222 e. The summed E-state index contributed by atoms with van der Waals surface area (Å²) in [7, 11) is 0. The molecule has 0 spiro atoms. The number of benzene rings is 1. The number of rotatable bonds is 3. The van der Waals surface area contributed by atoms with E-state index in [-0.39, 0.29) is 18.2 Å². The summed E-state index contributed by atoms with van der Waals surface area (Å²) in [5.74, 6) is -0.616. The van der Waals surface area contributed by atoms with E-state index in [0.717, 1.165) is 37.6 Å². The third-order valence-electron chi connectivity index (χ3n) is 3.68. The summed E-state index contributed by atoms with van der Waals surface area (Å²) in [6, 6.07) is 7.07. The van der Waals surface area contributed by atoms with Gasteiger partial charge in [0.15, 0.2) is 11.6 Å². The molecule has 1 aromatic carbocycles. The molecule has 22 heavy (non-hydrogen) atoms. The average Bonchev–Trinajstić information content (AvgIpc) is 2.51. The van der Waals surface area contributed by atoms with E-state index in [1.807, 2.05) is 12.1 Å². The minimum absolute atomic E-state index is 0. The van der Waals surface area contributed by atoms with Gasteiger partial charge in [-0.05, 0) is 50.0 Å². The Morgan fingerprint density at radius 3 is 2.64 bits per heavy atom. The highest BCUT2D eigenvalue weighted by molar-refractivity contribution is 5.85. The van der Waals surface area contributed by atoms with Gasteiger partial charge < -0.3 is 10.1 Å². The summed E-state index contributed by atoms with van der Waals surface area (Å²) in [5, 5.41) is 3.31. The van der Waals surface area contributed by atoms with Gasteiger partial charge in [0.1, 0.15) is 5.82 Å². The molecule has 2 aromatic rings. The second-order valence-corrected chi connectivity index (χ2v) is 5.10. The minimum atomic E-state index is -0.725. The number of hydrogen-bond donors (Lipinski definition) is 1. The lowest BCUT2D eigenvalue weighted by molar-refractivity contribution is 0.399. The Balaban J connectivity index is 0.00000176.